The topological polar surface area (TPSA) is 0 Å². The van der Waals surface area contributed by atoms with E-state index in [1.807, 2.05) is 0 Å². The molecule has 0 N–H and O–H groups in total. The Kier molecular flexibility index (Phi) is 3.36. The second kappa shape index (κ2) is 6.50. The van der Waals surface area contributed by atoms with E-state index in [0.29, 0.717) is 0 Å². The maximum Gasteiger partial charge on any atom is -0.00145 e. The molecule has 0 saturated carbocycles. The van der Waals surface area contributed by atoms with E-state index in [1.165, 1.54) is 86.2 Å². The van der Waals surface area contributed by atoms with Crippen LogP contribution in [0.25, 0.3) is 86.2 Å². The van der Waals surface area contributed by atoms with E-state index in [2.05, 4.69) is 121 Å². The van der Waals surface area contributed by atoms with Gasteiger partial charge in [0, 0.05) is 0 Å². The summed E-state index contributed by atoms with van der Waals surface area (Å²) in [7, 11) is 0. The molecular weight excluding hydrogens is 432 g/mol. The van der Waals surface area contributed by atoms with Gasteiger partial charge in [-0.2, -0.15) is 0 Å². The van der Waals surface area contributed by atoms with E-state index in [0.717, 1.165) is 0 Å². The maximum atomic E-state index is 2.45. The molecular formula is C36H20. The molecule has 0 bridgehead atoms. The Hall–Kier alpha value is -4.68. The maximum absolute atomic E-state index is 2.45. The Labute approximate surface area is 207 Å². The van der Waals surface area contributed by atoms with Gasteiger partial charge in [-0.1, -0.05) is 84.9 Å². The van der Waals surface area contributed by atoms with Crippen LogP contribution < -0.4 is 0 Å². The van der Waals surface area contributed by atoms with Gasteiger partial charge in [0.05, 0.1) is 0 Å². The molecule has 0 fully saturated rings. The van der Waals surface area contributed by atoms with Crippen molar-refractivity contribution in [1.82, 2.24) is 0 Å². The molecule has 0 saturated heterocycles. The minimum atomic E-state index is 1.30. The van der Waals surface area contributed by atoms with Gasteiger partial charge in [-0.15, -0.1) is 0 Å². The van der Waals surface area contributed by atoms with Gasteiger partial charge in [-0.25, -0.2) is 0 Å². The first-order valence-corrected chi connectivity index (χ1v) is 12.6. The fraction of sp³-hybridized carbons (Fsp3) is 0. The van der Waals surface area contributed by atoms with Gasteiger partial charge in [0.2, 0.25) is 0 Å². The molecule has 36 heavy (non-hydrogen) atoms. The van der Waals surface area contributed by atoms with Crippen LogP contribution >= 0.6 is 0 Å². The van der Waals surface area contributed by atoms with Crippen molar-refractivity contribution in [3.05, 3.63) is 121 Å². The normalized spacial score (nSPS) is 12.4. The Morgan fingerprint density at radius 3 is 1.03 bits per heavy atom. The summed E-state index contributed by atoms with van der Waals surface area (Å²) >= 11 is 0. The number of hydrogen-bond donors (Lipinski definition) is 0. The van der Waals surface area contributed by atoms with Crippen LogP contribution in [0.5, 0.6) is 0 Å². The fourth-order valence-corrected chi connectivity index (χ4v) is 6.74. The molecule has 0 nitrogen and oxygen atoms in total. The van der Waals surface area contributed by atoms with Crippen LogP contribution in [0.1, 0.15) is 0 Å². The monoisotopic (exact) mass is 452 g/mol. The van der Waals surface area contributed by atoms with Crippen molar-refractivity contribution in [2.45, 2.75) is 0 Å². The summed E-state index contributed by atoms with van der Waals surface area (Å²) in [5.41, 5.74) is 0. The van der Waals surface area contributed by atoms with Crippen molar-refractivity contribution < 1.29 is 0 Å². The van der Waals surface area contributed by atoms with Gasteiger partial charge < -0.3 is 0 Å². The molecule has 0 atom stereocenters. The molecule has 9 aromatic rings. The summed E-state index contributed by atoms with van der Waals surface area (Å²) in [6.45, 7) is 0. The largest absolute Gasteiger partial charge is 0.0616 e. The second-order valence-corrected chi connectivity index (χ2v) is 10.2. The fourth-order valence-electron chi connectivity index (χ4n) is 6.74. The molecule has 0 aliphatic carbocycles. The Morgan fingerprint density at radius 1 is 0.222 bits per heavy atom. The van der Waals surface area contributed by atoms with Crippen LogP contribution in [0.15, 0.2) is 121 Å². The summed E-state index contributed by atoms with van der Waals surface area (Å²) in [6.07, 6.45) is 0. The van der Waals surface area contributed by atoms with Gasteiger partial charge >= 0.3 is 0 Å². The summed E-state index contributed by atoms with van der Waals surface area (Å²) in [6, 6.07) is 45.4. The lowest BCUT2D eigenvalue weighted by molar-refractivity contribution is 1.79. The molecule has 9 rings (SSSR count). The molecule has 164 valence electrons. The van der Waals surface area contributed by atoms with Crippen molar-refractivity contribution >= 4 is 86.2 Å². The highest BCUT2D eigenvalue weighted by molar-refractivity contribution is 6.35. The zero-order valence-electron chi connectivity index (χ0n) is 19.5. The van der Waals surface area contributed by atoms with Gasteiger partial charge in [0.25, 0.3) is 0 Å². The molecule has 0 amide bonds. The summed E-state index contributed by atoms with van der Waals surface area (Å²) in [4.78, 5) is 0. The predicted octanol–water partition coefficient (Wildman–Crippen LogP) is 10.3. The molecule has 9 aromatic carbocycles. The average molecular weight is 453 g/mol. The Bertz CT molecular complexity index is 2190. The summed E-state index contributed by atoms with van der Waals surface area (Å²) in [5, 5.41) is 21.3. The lowest BCUT2D eigenvalue weighted by Gasteiger charge is -2.16. The number of fused-ring (bicyclic) bond motifs is 8. The summed E-state index contributed by atoms with van der Waals surface area (Å²) in [5.74, 6) is 0. The third kappa shape index (κ3) is 2.29. The second-order valence-electron chi connectivity index (χ2n) is 10.2. The van der Waals surface area contributed by atoms with Crippen LogP contribution in [-0.2, 0) is 0 Å². The van der Waals surface area contributed by atoms with Gasteiger partial charge in [0.1, 0.15) is 0 Å². The quantitative estimate of drug-likeness (QED) is 0.159. The minimum absolute atomic E-state index is 1.30. The van der Waals surface area contributed by atoms with E-state index in [9.17, 15) is 0 Å². The third-order valence-electron chi connectivity index (χ3n) is 8.22. The summed E-state index contributed by atoms with van der Waals surface area (Å²) < 4.78 is 0. The molecule has 0 heteroatoms. The van der Waals surface area contributed by atoms with Gasteiger partial charge in [0.15, 0.2) is 0 Å². The smallest absolute Gasteiger partial charge is 0.00145 e. The van der Waals surface area contributed by atoms with Crippen LogP contribution in [0.4, 0.5) is 0 Å². The average Bonchev–Trinajstić information content (AvgIpc) is 2.92. The highest BCUT2D eigenvalue weighted by Crippen LogP contribution is 2.43. The molecule has 0 radical (unpaired) electrons. The molecule has 0 aliphatic heterocycles. The molecule has 0 heterocycles. The van der Waals surface area contributed by atoms with E-state index < -0.39 is 0 Å². The lowest BCUT2D eigenvalue weighted by Crippen LogP contribution is -1.88. The predicted molar refractivity (Wildman–Crippen MR) is 158 cm³/mol. The minimum Gasteiger partial charge on any atom is -0.0616 e. The Balaban J connectivity index is 1.60. The zero-order valence-corrected chi connectivity index (χ0v) is 19.5. The van der Waals surface area contributed by atoms with E-state index >= 15 is 0 Å². The van der Waals surface area contributed by atoms with Crippen molar-refractivity contribution in [1.29, 1.82) is 0 Å². The van der Waals surface area contributed by atoms with Crippen molar-refractivity contribution in [2.24, 2.45) is 0 Å². The number of benzene rings is 9. The van der Waals surface area contributed by atoms with Gasteiger partial charge in [-0.05, 0) is 123 Å². The Morgan fingerprint density at radius 2 is 0.583 bits per heavy atom. The van der Waals surface area contributed by atoms with Crippen molar-refractivity contribution in [3.63, 3.8) is 0 Å². The van der Waals surface area contributed by atoms with E-state index in [-0.39, 0.29) is 0 Å². The highest BCUT2D eigenvalue weighted by Gasteiger charge is 2.15. The van der Waals surface area contributed by atoms with Crippen LogP contribution in [0.2, 0.25) is 0 Å². The van der Waals surface area contributed by atoms with Gasteiger partial charge in [-0.3, -0.25) is 0 Å². The number of rotatable bonds is 0. The molecule has 0 aliphatic rings. The van der Waals surface area contributed by atoms with E-state index in [4.69, 9.17) is 0 Å². The zero-order chi connectivity index (χ0) is 23.4. The van der Waals surface area contributed by atoms with Crippen molar-refractivity contribution in [3.8, 4) is 0 Å². The standard InChI is InChI=1S/C36H20/c1-3-13-29-21(7-1)15-23-9-5-11-25-17-27-20-32-28(19-31(27)35(29)33(23)25)18-26-12-6-10-24-16-22-8-2-4-14-30(22)36(32)34(24)26/h1-20H. The molecule has 0 aromatic heterocycles. The third-order valence-corrected chi connectivity index (χ3v) is 8.22. The van der Waals surface area contributed by atoms with Crippen LogP contribution in [-0.4, -0.2) is 0 Å². The lowest BCUT2D eigenvalue weighted by atomic mass is 9.87. The molecule has 0 unspecified atom stereocenters. The van der Waals surface area contributed by atoms with Crippen LogP contribution in [0.3, 0.4) is 0 Å². The first kappa shape index (κ1) is 18.6. The highest BCUT2D eigenvalue weighted by atomic mass is 14.2. The van der Waals surface area contributed by atoms with Crippen molar-refractivity contribution in [2.75, 3.05) is 0 Å². The van der Waals surface area contributed by atoms with Crippen LogP contribution in [0, 0.1) is 0 Å². The van der Waals surface area contributed by atoms with E-state index in [1.54, 1.807) is 0 Å². The first-order chi connectivity index (χ1) is 17.8. The molecule has 0 spiro atoms. The SMILES string of the molecule is c1ccc2c(c1)cc1cccc3cc4cc5c(cc6cccc7cc8ccccc8c5c76)cc4c2c13. The number of hydrogen-bond acceptors (Lipinski definition) is 0. The first-order valence-electron chi connectivity index (χ1n) is 12.6.